The molecular formula is C13H12N2OS. The first kappa shape index (κ1) is 10.5. The quantitative estimate of drug-likeness (QED) is 0.752. The predicted molar refractivity (Wildman–Crippen MR) is 69.1 cm³/mol. The number of aryl methyl sites for hydroxylation is 1. The summed E-state index contributed by atoms with van der Waals surface area (Å²) in [6.45, 7) is 0. The van der Waals surface area contributed by atoms with Crippen LogP contribution in [0.5, 0.6) is 0 Å². The lowest BCUT2D eigenvalue weighted by molar-refractivity contribution is 0.211. The maximum absolute atomic E-state index is 10.4. The third-order valence-corrected chi connectivity index (χ3v) is 3.93. The first-order chi connectivity index (χ1) is 8.27. The Kier molecular flexibility index (Phi) is 2.46. The van der Waals surface area contributed by atoms with Crippen LogP contribution in [0.2, 0.25) is 0 Å². The fraction of sp³-hybridized carbons (Fsp3) is 0.154. The van der Waals surface area contributed by atoms with Gasteiger partial charge in [0.2, 0.25) is 0 Å². The van der Waals surface area contributed by atoms with Gasteiger partial charge in [-0.05, 0) is 22.9 Å². The van der Waals surface area contributed by atoms with Crippen LogP contribution in [0.15, 0.2) is 41.9 Å². The molecule has 4 heteroatoms. The molecule has 1 atom stereocenters. The van der Waals surface area contributed by atoms with Gasteiger partial charge in [-0.25, -0.2) is 0 Å². The number of thiophene rings is 1. The summed E-state index contributed by atoms with van der Waals surface area (Å²) >= 11 is 1.66. The molecule has 1 unspecified atom stereocenters. The second kappa shape index (κ2) is 3.98. The van der Waals surface area contributed by atoms with Crippen LogP contribution in [0, 0.1) is 0 Å². The Morgan fingerprint density at radius 3 is 2.88 bits per heavy atom. The predicted octanol–water partition coefficient (Wildman–Crippen LogP) is 2.72. The van der Waals surface area contributed by atoms with Crippen molar-refractivity contribution in [1.82, 2.24) is 9.78 Å². The van der Waals surface area contributed by atoms with E-state index in [0.29, 0.717) is 0 Å². The molecule has 0 aliphatic carbocycles. The van der Waals surface area contributed by atoms with Gasteiger partial charge in [-0.1, -0.05) is 18.2 Å². The molecule has 0 bridgehead atoms. The molecular weight excluding hydrogens is 232 g/mol. The molecule has 3 nitrogen and oxygen atoms in total. The summed E-state index contributed by atoms with van der Waals surface area (Å²) in [6, 6.07) is 9.96. The van der Waals surface area contributed by atoms with Crippen molar-refractivity contribution >= 4 is 21.4 Å². The molecule has 0 amide bonds. The number of fused-ring (bicyclic) bond motifs is 1. The number of hydrogen-bond acceptors (Lipinski definition) is 3. The largest absolute Gasteiger partial charge is 0.382 e. The Morgan fingerprint density at radius 2 is 2.12 bits per heavy atom. The maximum Gasteiger partial charge on any atom is 0.122 e. The second-order valence-corrected chi connectivity index (χ2v) is 4.88. The summed E-state index contributed by atoms with van der Waals surface area (Å²) in [4.78, 5) is 0. The van der Waals surface area contributed by atoms with Crippen LogP contribution in [-0.4, -0.2) is 14.9 Å². The monoisotopic (exact) mass is 244 g/mol. The summed E-state index contributed by atoms with van der Waals surface area (Å²) < 4.78 is 2.90. The van der Waals surface area contributed by atoms with Crippen molar-refractivity contribution in [3.63, 3.8) is 0 Å². The highest BCUT2D eigenvalue weighted by molar-refractivity contribution is 7.17. The van der Waals surface area contributed by atoms with Crippen molar-refractivity contribution in [1.29, 1.82) is 0 Å². The first-order valence-electron chi connectivity index (χ1n) is 5.39. The molecule has 3 rings (SSSR count). The molecule has 0 aliphatic rings. The number of nitrogens with zero attached hydrogens (tertiary/aromatic N) is 2. The van der Waals surface area contributed by atoms with E-state index < -0.39 is 6.10 Å². The van der Waals surface area contributed by atoms with Gasteiger partial charge in [0.05, 0.1) is 5.69 Å². The van der Waals surface area contributed by atoms with Gasteiger partial charge in [-0.3, -0.25) is 4.68 Å². The molecule has 1 aromatic carbocycles. The van der Waals surface area contributed by atoms with E-state index in [-0.39, 0.29) is 0 Å². The van der Waals surface area contributed by atoms with E-state index in [4.69, 9.17) is 0 Å². The molecule has 3 aromatic rings. The molecule has 2 heterocycles. The lowest BCUT2D eigenvalue weighted by Gasteiger charge is -2.10. The molecule has 1 N–H and O–H groups in total. The highest BCUT2D eigenvalue weighted by Gasteiger charge is 2.17. The Hall–Kier alpha value is -1.65. The van der Waals surface area contributed by atoms with Crippen molar-refractivity contribution in [2.45, 2.75) is 6.10 Å². The van der Waals surface area contributed by atoms with Crippen molar-refractivity contribution in [3.8, 4) is 0 Å². The number of aliphatic hydroxyl groups is 1. The van der Waals surface area contributed by atoms with Gasteiger partial charge in [0, 0.05) is 23.5 Å². The number of hydrogen-bond donors (Lipinski definition) is 1. The van der Waals surface area contributed by atoms with E-state index in [9.17, 15) is 5.11 Å². The molecule has 0 saturated carbocycles. The Bertz CT molecular complexity index is 656. The lowest BCUT2D eigenvalue weighted by atomic mass is 10.1. The van der Waals surface area contributed by atoms with Gasteiger partial charge in [-0.2, -0.15) is 5.10 Å². The van der Waals surface area contributed by atoms with Gasteiger partial charge >= 0.3 is 0 Å². The molecule has 17 heavy (non-hydrogen) atoms. The average molecular weight is 244 g/mol. The molecule has 2 aromatic heterocycles. The molecule has 0 fully saturated rings. The number of aromatic nitrogens is 2. The normalized spacial score (nSPS) is 13.1. The lowest BCUT2D eigenvalue weighted by Crippen LogP contribution is -2.05. The van der Waals surface area contributed by atoms with Gasteiger partial charge in [0.1, 0.15) is 6.10 Å². The van der Waals surface area contributed by atoms with Crippen molar-refractivity contribution in [2.24, 2.45) is 7.05 Å². The minimum Gasteiger partial charge on any atom is -0.382 e. The van der Waals surface area contributed by atoms with Crippen molar-refractivity contribution in [2.75, 3.05) is 0 Å². The van der Waals surface area contributed by atoms with E-state index in [1.165, 1.54) is 4.70 Å². The Balaban J connectivity index is 2.13. The van der Waals surface area contributed by atoms with Gasteiger partial charge in [0.15, 0.2) is 0 Å². The minimum absolute atomic E-state index is 0.612. The van der Waals surface area contributed by atoms with E-state index in [0.717, 1.165) is 16.6 Å². The number of aliphatic hydroxyl groups excluding tert-OH is 1. The summed E-state index contributed by atoms with van der Waals surface area (Å²) in [5.74, 6) is 0. The van der Waals surface area contributed by atoms with E-state index in [1.54, 1.807) is 22.2 Å². The zero-order valence-corrected chi connectivity index (χ0v) is 10.2. The van der Waals surface area contributed by atoms with Crippen LogP contribution in [0.25, 0.3) is 10.1 Å². The fourth-order valence-electron chi connectivity index (χ4n) is 2.02. The van der Waals surface area contributed by atoms with Gasteiger partial charge < -0.3 is 5.11 Å². The summed E-state index contributed by atoms with van der Waals surface area (Å²) in [5.41, 5.74) is 1.77. The number of rotatable bonds is 2. The van der Waals surface area contributed by atoms with E-state index in [1.807, 2.05) is 36.7 Å². The van der Waals surface area contributed by atoms with Crippen LogP contribution >= 0.6 is 11.3 Å². The summed E-state index contributed by atoms with van der Waals surface area (Å²) in [5, 5.41) is 17.6. The molecule has 0 radical (unpaired) electrons. The first-order valence-corrected chi connectivity index (χ1v) is 6.27. The van der Waals surface area contributed by atoms with Crippen LogP contribution in [0.3, 0.4) is 0 Å². The SMILES string of the molecule is Cn1nccc1C(O)c1csc2ccccc12. The van der Waals surface area contributed by atoms with Crippen LogP contribution in [-0.2, 0) is 7.05 Å². The van der Waals surface area contributed by atoms with Crippen molar-refractivity contribution < 1.29 is 5.11 Å². The smallest absolute Gasteiger partial charge is 0.122 e. The van der Waals surface area contributed by atoms with Crippen LogP contribution in [0.1, 0.15) is 17.4 Å². The number of benzene rings is 1. The Morgan fingerprint density at radius 1 is 1.29 bits per heavy atom. The van der Waals surface area contributed by atoms with Gasteiger partial charge in [-0.15, -0.1) is 11.3 Å². The van der Waals surface area contributed by atoms with Crippen LogP contribution in [0.4, 0.5) is 0 Å². The molecule has 86 valence electrons. The van der Waals surface area contributed by atoms with Crippen LogP contribution < -0.4 is 0 Å². The fourth-order valence-corrected chi connectivity index (χ4v) is 3.00. The summed E-state index contributed by atoms with van der Waals surface area (Å²) in [7, 11) is 1.84. The topological polar surface area (TPSA) is 38.0 Å². The standard InChI is InChI=1S/C13H12N2OS/c1-15-11(6-7-14-15)13(16)10-8-17-12-5-3-2-4-9(10)12/h2-8,13,16H,1H3. The average Bonchev–Trinajstić information content (AvgIpc) is 2.94. The second-order valence-electron chi connectivity index (χ2n) is 3.97. The zero-order chi connectivity index (χ0) is 11.8. The third-order valence-electron chi connectivity index (χ3n) is 2.94. The maximum atomic E-state index is 10.4. The van der Waals surface area contributed by atoms with E-state index >= 15 is 0 Å². The summed E-state index contributed by atoms with van der Waals surface area (Å²) in [6.07, 6.45) is 1.09. The Labute approximate surface area is 103 Å². The third kappa shape index (κ3) is 1.66. The molecule has 0 saturated heterocycles. The molecule has 0 aliphatic heterocycles. The van der Waals surface area contributed by atoms with Crippen molar-refractivity contribution in [3.05, 3.63) is 53.2 Å². The molecule has 0 spiro atoms. The highest BCUT2D eigenvalue weighted by Crippen LogP contribution is 2.32. The minimum atomic E-state index is -0.612. The highest BCUT2D eigenvalue weighted by atomic mass is 32.1. The zero-order valence-electron chi connectivity index (χ0n) is 9.37. The van der Waals surface area contributed by atoms with E-state index in [2.05, 4.69) is 11.2 Å². The van der Waals surface area contributed by atoms with Gasteiger partial charge in [0.25, 0.3) is 0 Å².